The maximum atomic E-state index is 13.9. The van der Waals surface area contributed by atoms with E-state index < -0.39 is 0 Å². The van der Waals surface area contributed by atoms with Crippen LogP contribution in [0.25, 0.3) is 55.6 Å². The Kier molecular flexibility index (Phi) is 5.22. The molecule has 0 unspecified atom stereocenters. The van der Waals surface area contributed by atoms with Gasteiger partial charge in [-0.1, -0.05) is 19.1 Å². The van der Waals surface area contributed by atoms with Crippen LogP contribution in [0.3, 0.4) is 0 Å². The first-order chi connectivity index (χ1) is 17.6. The molecular formula is C27H20FN7O. The first kappa shape index (κ1) is 21.6. The van der Waals surface area contributed by atoms with Crippen LogP contribution in [0, 0.1) is 5.82 Å². The molecule has 8 nitrogen and oxygen atoms in total. The number of carbonyl (C=O) groups excluding carboxylic acids is 1. The number of halogens is 1. The second-order valence-corrected chi connectivity index (χ2v) is 8.40. The minimum atomic E-state index is -0.301. The third kappa shape index (κ3) is 3.86. The third-order valence-corrected chi connectivity index (χ3v) is 6.03. The summed E-state index contributed by atoms with van der Waals surface area (Å²) in [5.41, 5.74) is 6.78. The van der Waals surface area contributed by atoms with Crippen molar-refractivity contribution in [2.75, 3.05) is 5.32 Å². The van der Waals surface area contributed by atoms with Gasteiger partial charge in [-0.15, -0.1) is 0 Å². The molecule has 36 heavy (non-hydrogen) atoms. The van der Waals surface area contributed by atoms with Crippen LogP contribution >= 0.6 is 0 Å². The molecule has 0 radical (unpaired) electrons. The van der Waals surface area contributed by atoms with Crippen molar-refractivity contribution in [2.45, 2.75) is 13.3 Å². The van der Waals surface area contributed by atoms with Crippen LogP contribution in [0.4, 0.5) is 10.1 Å². The van der Waals surface area contributed by atoms with Crippen molar-refractivity contribution in [2.24, 2.45) is 0 Å². The number of anilines is 1. The average molecular weight is 478 g/mol. The highest BCUT2D eigenvalue weighted by molar-refractivity contribution is 6.00. The van der Waals surface area contributed by atoms with Crippen LogP contribution in [0.2, 0.25) is 0 Å². The van der Waals surface area contributed by atoms with E-state index in [4.69, 9.17) is 0 Å². The number of pyridine rings is 3. The number of amides is 1. The largest absolute Gasteiger partial charge is 0.352 e. The van der Waals surface area contributed by atoms with E-state index in [9.17, 15) is 9.18 Å². The number of carbonyl (C=O) groups is 1. The number of aromatic nitrogens is 6. The lowest BCUT2D eigenvalue weighted by Crippen LogP contribution is -2.09. The summed E-state index contributed by atoms with van der Waals surface area (Å²) in [5.74, 6) is -0.379. The number of rotatable bonds is 5. The fraction of sp³-hybridized carbons (Fsp3) is 0.0741. The van der Waals surface area contributed by atoms with E-state index in [1.165, 1.54) is 12.1 Å². The zero-order chi connectivity index (χ0) is 24.6. The summed E-state index contributed by atoms with van der Waals surface area (Å²) in [4.78, 5) is 28.3. The van der Waals surface area contributed by atoms with Crippen molar-refractivity contribution in [1.82, 2.24) is 30.1 Å². The van der Waals surface area contributed by atoms with Crippen LogP contribution in [0.1, 0.15) is 13.3 Å². The monoisotopic (exact) mass is 477 g/mol. The van der Waals surface area contributed by atoms with Gasteiger partial charge < -0.3 is 10.3 Å². The van der Waals surface area contributed by atoms with Gasteiger partial charge in [0, 0.05) is 52.5 Å². The highest BCUT2D eigenvalue weighted by atomic mass is 19.1. The van der Waals surface area contributed by atoms with Gasteiger partial charge >= 0.3 is 0 Å². The summed E-state index contributed by atoms with van der Waals surface area (Å²) in [6.45, 7) is 1.80. The predicted molar refractivity (Wildman–Crippen MR) is 137 cm³/mol. The lowest BCUT2D eigenvalue weighted by molar-refractivity contribution is -0.115. The number of hydrogen-bond donors (Lipinski definition) is 3. The summed E-state index contributed by atoms with van der Waals surface area (Å²) in [6.07, 6.45) is 8.93. The van der Waals surface area contributed by atoms with Crippen molar-refractivity contribution in [1.29, 1.82) is 0 Å². The molecule has 0 saturated carbocycles. The van der Waals surface area contributed by atoms with Crippen LogP contribution in [0.5, 0.6) is 0 Å². The smallest absolute Gasteiger partial charge is 0.224 e. The number of fused-ring (bicyclic) bond motifs is 2. The van der Waals surface area contributed by atoms with E-state index in [1.54, 1.807) is 44.0 Å². The maximum absolute atomic E-state index is 13.9. The van der Waals surface area contributed by atoms with Gasteiger partial charge in [0.15, 0.2) is 5.65 Å². The molecule has 6 aromatic rings. The summed E-state index contributed by atoms with van der Waals surface area (Å²) >= 11 is 0. The van der Waals surface area contributed by atoms with E-state index in [-0.39, 0.29) is 11.7 Å². The van der Waals surface area contributed by atoms with Crippen LogP contribution < -0.4 is 5.32 Å². The lowest BCUT2D eigenvalue weighted by atomic mass is 10.0. The van der Waals surface area contributed by atoms with Crippen molar-refractivity contribution in [3.05, 3.63) is 79.3 Å². The van der Waals surface area contributed by atoms with E-state index in [2.05, 4.69) is 35.5 Å². The first-order valence-corrected chi connectivity index (χ1v) is 11.4. The van der Waals surface area contributed by atoms with Crippen molar-refractivity contribution < 1.29 is 9.18 Å². The van der Waals surface area contributed by atoms with Gasteiger partial charge in [-0.05, 0) is 35.9 Å². The number of nitrogens with one attached hydrogen (secondary N) is 3. The molecule has 0 spiro atoms. The Labute approximate surface area is 204 Å². The van der Waals surface area contributed by atoms with Gasteiger partial charge in [-0.3, -0.25) is 19.9 Å². The van der Waals surface area contributed by atoms with Crippen LogP contribution in [0.15, 0.2) is 73.4 Å². The maximum Gasteiger partial charge on any atom is 0.224 e. The SMILES string of the molecule is CCC(=O)Nc1cncc(-c2cnc3[nH]nc(-c4cc5c(-c6cccc(F)c6)cncc5[nH]4)c3c2)c1. The van der Waals surface area contributed by atoms with Crippen LogP contribution in [-0.4, -0.2) is 36.0 Å². The molecule has 3 N–H and O–H groups in total. The molecule has 0 aliphatic heterocycles. The predicted octanol–water partition coefficient (Wildman–Crippen LogP) is 5.72. The summed E-state index contributed by atoms with van der Waals surface area (Å²) < 4.78 is 13.9. The molecule has 176 valence electrons. The highest BCUT2D eigenvalue weighted by Gasteiger charge is 2.16. The molecule has 6 rings (SSSR count). The lowest BCUT2D eigenvalue weighted by Gasteiger charge is -2.06. The fourth-order valence-electron chi connectivity index (χ4n) is 4.25. The number of nitrogens with zero attached hydrogens (tertiary/aromatic N) is 4. The molecule has 0 aliphatic carbocycles. The molecule has 1 amide bonds. The second-order valence-electron chi connectivity index (χ2n) is 8.40. The van der Waals surface area contributed by atoms with Crippen LogP contribution in [-0.2, 0) is 4.79 Å². The Morgan fingerprint density at radius 3 is 2.67 bits per heavy atom. The van der Waals surface area contributed by atoms with Gasteiger partial charge in [-0.2, -0.15) is 5.10 Å². The molecule has 0 fully saturated rings. The summed E-state index contributed by atoms with van der Waals surface area (Å²) in [7, 11) is 0. The average Bonchev–Trinajstić information content (AvgIpc) is 3.52. The van der Waals surface area contributed by atoms with Gasteiger partial charge in [0.05, 0.1) is 29.3 Å². The molecule has 0 atom stereocenters. The standard InChI is InChI=1S/C27H20FN7O/c1-2-25(36)32-19-7-16(10-29-12-19)17-8-21-26(34-35-27(21)31-11-17)23-9-20-22(13-30-14-24(20)33-23)15-4-3-5-18(28)6-15/h3-14,33H,2H2,1H3,(H,32,36)(H,31,34,35). The molecular weight excluding hydrogens is 457 g/mol. The zero-order valence-corrected chi connectivity index (χ0v) is 19.2. The number of H-pyrrole nitrogens is 2. The second kappa shape index (κ2) is 8.70. The van der Waals surface area contributed by atoms with Gasteiger partial charge in [0.1, 0.15) is 11.5 Å². The van der Waals surface area contributed by atoms with E-state index in [1.807, 2.05) is 24.3 Å². The van der Waals surface area contributed by atoms with Crippen molar-refractivity contribution in [3.63, 3.8) is 0 Å². The quantitative estimate of drug-likeness (QED) is 0.294. The minimum Gasteiger partial charge on any atom is -0.352 e. The minimum absolute atomic E-state index is 0.0782. The van der Waals surface area contributed by atoms with Gasteiger partial charge in [0.2, 0.25) is 5.91 Å². The first-order valence-electron chi connectivity index (χ1n) is 11.4. The van der Waals surface area contributed by atoms with Gasteiger partial charge in [-0.25, -0.2) is 9.37 Å². The number of aromatic amines is 2. The fourth-order valence-corrected chi connectivity index (χ4v) is 4.25. The molecule has 5 aromatic heterocycles. The Bertz CT molecular complexity index is 1750. The zero-order valence-electron chi connectivity index (χ0n) is 19.2. The van der Waals surface area contributed by atoms with Crippen molar-refractivity contribution in [3.8, 4) is 33.6 Å². The van der Waals surface area contributed by atoms with E-state index >= 15 is 0 Å². The summed E-state index contributed by atoms with van der Waals surface area (Å²) in [6, 6.07) is 12.3. The molecule has 9 heteroatoms. The Hall–Kier alpha value is -4.92. The number of benzene rings is 1. The molecule has 1 aromatic carbocycles. The van der Waals surface area contributed by atoms with E-state index in [0.29, 0.717) is 23.4 Å². The normalized spacial score (nSPS) is 11.3. The highest BCUT2D eigenvalue weighted by Crippen LogP contribution is 2.34. The summed E-state index contributed by atoms with van der Waals surface area (Å²) in [5, 5.41) is 12.1. The number of hydrogen-bond acceptors (Lipinski definition) is 5. The third-order valence-electron chi connectivity index (χ3n) is 6.03. The van der Waals surface area contributed by atoms with Crippen molar-refractivity contribution >= 4 is 33.5 Å². The Balaban J connectivity index is 1.43. The molecule has 0 saturated heterocycles. The van der Waals surface area contributed by atoms with E-state index in [0.717, 1.165) is 44.2 Å². The Morgan fingerprint density at radius 2 is 1.81 bits per heavy atom. The molecule has 0 bridgehead atoms. The topological polar surface area (TPSA) is 112 Å². The molecule has 5 heterocycles. The van der Waals surface area contributed by atoms with Gasteiger partial charge in [0.25, 0.3) is 0 Å². The molecule has 0 aliphatic rings. The Morgan fingerprint density at radius 1 is 0.944 bits per heavy atom.